The van der Waals surface area contributed by atoms with Gasteiger partial charge in [-0.15, -0.1) is 10.2 Å². The van der Waals surface area contributed by atoms with Gasteiger partial charge >= 0.3 is 6.18 Å². The van der Waals surface area contributed by atoms with Crippen LogP contribution in [0.3, 0.4) is 0 Å². The van der Waals surface area contributed by atoms with E-state index in [9.17, 15) is 18.0 Å². The molecule has 0 radical (unpaired) electrons. The molecule has 0 N–H and O–H groups in total. The molecule has 1 aliphatic heterocycles. The number of halogens is 3. The van der Waals surface area contributed by atoms with Crippen LogP contribution in [0.4, 0.5) is 19.0 Å². The normalized spacial score (nSPS) is 14.5. The van der Waals surface area contributed by atoms with Crippen molar-refractivity contribution in [1.82, 2.24) is 25.2 Å². The zero-order valence-electron chi connectivity index (χ0n) is 18.8. The molecule has 0 atom stereocenters. The third-order valence-corrected chi connectivity index (χ3v) is 5.70. The molecule has 34 heavy (non-hydrogen) atoms. The fourth-order valence-corrected chi connectivity index (χ4v) is 3.83. The predicted octanol–water partition coefficient (Wildman–Crippen LogP) is 4.24. The van der Waals surface area contributed by atoms with Crippen LogP contribution < -0.4 is 4.90 Å². The Morgan fingerprint density at radius 3 is 2.47 bits per heavy atom. The molecule has 1 saturated heterocycles. The van der Waals surface area contributed by atoms with Crippen molar-refractivity contribution in [3.05, 3.63) is 53.3 Å². The maximum atomic E-state index is 13.3. The summed E-state index contributed by atoms with van der Waals surface area (Å²) in [7, 11) is 0. The highest BCUT2D eigenvalue weighted by Crippen LogP contribution is 2.32. The average Bonchev–Trinajstić information content (AvgIpc) is 3.32. The van der Waals surface area contributed by atoms with Crippen molar-refractivity contribution in [2.24, 2.45) is 0 Å². The summed E-state index contributed by atoms with van der Waals surface area (Å²) in [5, 5.41) is 12.4. The van der Waals surface area contributed by atoms with Gasteiger partial charge in [0, 0.05) is 32.6 Å². The van der Waals surface area contributed by atoms with E-state index < -0.39 is 17.6 Å². The van der Waals surface area contributed by atoms with Crippen molar-refractivity contribution in [2.45, 2.75) is 38.8 Å². The van der Waals surface area contributed by atoms with E-state index >= 15 is 0 Å². The van der Waals surface area contributed by atoms with Crippen molar-refractivity contribution >= 4 is 11.7 Å². The van der Waals surface area contributed by atoms with Gasteiger partial charge in [0.25, 0.3) is 11.8 Å². The molecule has 1 aliphatic rings. The van der Waals surface area contributed by atoms with E-state index in [2.05, 4.69) is 27.3 Å². The molecule has 3 aromatic rings. The molecular weight excluding hydrogens is 449 g/mol. The number of hydrogen-bond acceptors (Lipinski definition) is 7. The number of piperazine rings is 1. The summed E-state index contributed by atoms with van der Waals surface area (Å²) in [6.45, 7) is 3.54. The number of aryl methyl sites for hydroxylation is 1. The third kappa shape index (κ3) is 5.35. The lowest BCUT2D eigenvalue weighted by molar-refractivity contribution is -0.138. The predicted molar refractivity (Wildman–Crippen MR) is 118 cm³/mol. The zero-order chi connectivity index (χ0) is 24.1. The summed E-state index contributed by atoms with van der Waals surface area (Å²) < 4.78 is 45.1. The van der Waals surface area contributed by atoms with Crippen molar-refractivity contribution < 1.29 is 22.5 Å². The molecule has 1 fully saturated rings. The fourth-order valence-electron chi connectivity index (χ4n) is 3.83. The molecule has 0 unspecified atom stereocenters. The standard InChI is InChI=1S/C23H25F3N6O2/c1-2-3-4-9-19-27-21(34-30-19)18-10-11-20(29-28-18)31-12-14-32(15-13-31)22(33)16-7-5-6-8-17(16)23(24,25)26/h5-8,10-11H,2-4,9,12-15H2,1H3. The van der Waals surface area contributed by atoms with Crippen molar-refractivity contribution in [2.75, 3.05) is 31.1 Å². The minimum absolute atomic E-state index is 0.277. The first-order valence-corrected chi connectivity index (χ1v) is 11.2. The van der Waals surface area contributed by atoms with E-state index in [1.54, 1.807) is 12.1 Å². The van der Waals surface area contributed by atoms with Gasteiger partial charge in [-0.1, -0.05) is 37.1 Å². The van der Waals surface area contributed by atoms with Gasteiger partial charge in [0.1, 0.15) is 0 Å². The van der Waals surface area contributed by atoms with Gasteiger partial charge in [0.15, 0.2) is 17.3 Å². The maximum Gasteiger partial charge on any atom is 0.417 e. The Morgan fingerprint density at radius 2 is 1.79 bits per heavy atom. The van der Waals surface area contributed by atoms with Gasteiger partial charge in [0.05, 0.1) is 11.1 Å². The molecule has 1 aromatic carbocycles. The highest BCUT2D eigenvalue weighted by atomic mass is 19.4. The minimum Gasteiger partial charge on any atom is -0.352 e. The van der Waals surface area contributed by atoms with Gasteiger partial charge < -0.3 is 14.3 Å². The first-order chi connectivity index (χ1) is 16.4. The largest absolute Gasteiger partial charge is 0.417 e. The highest BCUT2D eigenvalue weighted by Gasteiger charge is 2.36. The van der Waals surface area contributed by atoms with Crippen LogP contribution in [0, 0.1) is 0 Å². The van der Waals surface area contributed by atoms with Crippen LogP contribution in [0.2, 0.25) is 0 Å². The zero-order valence-corrected chi connectivity index (χ0v) is 18.8. The third-order valence-electron chi connectivity index (χ3n) is 5.70. The van der Waals surface area contributed by atoms with Crippen molar-refractivity contribution in [3.8, 4) is 11.6 Å². The Labute approximate surface area is 194 Å². The second-order valence-electron chi connectivity index (χ2n) is 8.07. The number of nitrogens with zero attached hydrogens (tertiary/aromatic N) is 6. The van der Waals surface area contributed by atoms with E-state index in [4.69, 9.17) is 4.52 Å². The average molecular weight is 474 g/mol. The summed E-state index contributed by atoms with van der Waals surface area (Å²) in [5.74, 6) is 0.931. The number of carbonyl (C=O) groups excluding carboxylic acids is 1. The Hall–Kier alpha value is -3.50. The van der Waals surface area contributed by atoms with E-state index in [0.29, 0.717) is 36.3 Å². The fraction of sp³-hybridized carbons (Fsp3) is 0.435. The molecule has 0 saturated carbocycles. The molecular formula is C23H25F3N6O2. The highest BCUT2D eigenvalue weighted by molar-refractivity contribution is 5.96. The molecule has 8 nitrogen and oxygen atoms in total. The maximum absolute atomic E-state index is 13.3. The Bertz CT molecular complexity index is 1110. The molecule has 0 spiro atoms. The quantitative estimate of drug-likeness (QED) is 0.473. The summed E-state index contributed by atoms with van der Waals surface area (Å²) in [6, 6.07) is 8.38. The lowest BCUT2D eigenvalue weighted by Gasteiger charge is -2.35. The molecule has 0 aliphatic carbocycles. The first kappa shape index (κ1) is 23.7. The number of rotatable bonds is 7. The monoisotopic (exact) mass is 474 g/mol. The van der Waals surface area contributed by atoms with Gasteiger partial charge in [-0.3, -0.25) is 4.79 Å². The molecule has 11 heteroatoms. The summed E-state index contributed by atoms with van der Waals surface area (Å²) in [5.41, 5.74) is -0.782. The van der Waals surface area contributed by atoms with E-state index in [0.717, 1.165) is 31.7 Å². The Morgan fingerprint density at radius 1 is 1.03 bits per heavy atom. The SMILES string of the molecule is CCCCCc1noc(-c2ccc(N3CCN(C(=O)c4ccccc4C(F)(F)F)CC3)nn2)n1. The second-order valence-corrected chi connectivity index (χ2v) is 8.07. The molecule has 3 heterocycles. The second kappa shape index (κ2) is 10.2. The van der Waals surface area contributed by atoms with Crippen LogP contribution in [0.5, 0.6) is 0 Å². The lowest BCUT2D eigenvalue weighted by atomic mass is 10.1. The summed E-state index contributed by atoms with van der Waals surface area (Å²) in [6.07, 6.45) is -0.622. The molecule has 2 aromatic heterocycles. The molecule has 1 amide bonds. The van der Waals surface area contributed by atoms with Gasteiger partial charge in [-0.25, -0.2) is 0 Å². The van der Waals surface area contributed by atoms with Crippen molar-refractivity contribution in [3.63, 3.8) is 0 Å². The number of carbonyl (C=O) groups is 1. The van der Waals surface area contributed by atoms with E-state index in [1.165, 1.54) is 23.1 Å². The Kier molecular flexibility index (Phi) is 7.09. The van der Waals surface area contributed by atoms with Gasteiger partial charge in [-0.05, 0) is 30.7 Å². The number of amides is 1. The van der Waals surface area contributed by atoms with Crippen LogP contribution in [-0.4, -0.2) is 57.3 Å². The summed E-state index contributed by atoms with van der Waals surface area (Å²) >= 11 is 0. The molecule has 180 valence electrons. The Balaban J connectivity index is 1.36. The topological polar surface area (TPSA) is 88.3 Å². The summed E-state index contributed by atoms with van der Waals surface area (Å²) in [4.78, 5) is 20.5. The number of alkyl halides is 3. The number of aromatic nitrogens is 4. The van der Waals surface area contributed by atoms with Crippen LogP contribution in [0.1, 0.15) is 47.9 Å². The lowest BCUT2D eigenvalue weighted by Crippen LogP contribution is -2.49. The van der Waals surface area contributed by atoms with Gasteiger partial charge in [0.2, 0.25) is 0 Å². The first-order valence-electron chi connectivity index (χ1n) is 11.2. The molecule has 0 bridgehead atoms. The van der Waals surface area contributed by atoms with Crippen LogP contribution in [0.15, 0.2) is 40.9 Å². The van der Waals surface area contributed by atoms with E-state index in [-0.39, 0.29) is 18.7 Å². The minimum atomic E-state index is -4.58. The van der Waals surface area contributed by atoms with Crippen LogP contribution in [-0.2, 0) is 12.6 Å². The van der Waals surface area contributed by atoms with Crippen molar-refractivity contribution in [1.29, 1.82) is 0 Å². The number of hydrogen-bond donors (Lipinski definition) is 0. The van der Waals surface area contributed by atoms with E-state index in [1.807, 2.05) is 4.90 Å². The number of anilines is 1. The molecule has 4 rings (SSSR count). The van der Waals surface area contributed by atoms with Gasteiger partial charge in [-0.2, -0.15) is 18.2 Å². The van der Waals surface area contributed by atoms with Crippen LogP contribution >= 0.6 is 0 Å². The smallest absolute Gasteiger partial charge is 0.352 e. The number of benzene rings is 1. The number of unbranched alkanes of at least 4 members (excludes halogenated alkanes) is 2. The van der Waals surface area contributed by atoms with Crippen LogP contribution in [0.25, 0.3) is 11.6 Å².